The lowest BCUT2D eigenvalue weighted by atomic mass is 10.1. The first-order valence-corrected chi connectivity index (χ1v) is 6.44. The predicted molar refractivity (Wildman–Crippen MR) is 74.2 cm³/mol. The third-order valence-electron chi connectivity index (χ3n) is 2.87. The van der Waals surface area contributed by atoms with Gasteiger partial charge >= 0.3 is 0 Å². The number of benzene rings is 1. The Kier molecular flexibility index (Phi) is 4.00. The molecular formula is C15H20FN3. The number of nitrogens with one attached hydrogen (secondary N) is 1. The molecule has 3 nitrogen and oxygen atoms in total. The van der Waals surface area contributed by atoms with E-state index in [0.717, 1.165) is 17.7 Å². The van der Waals surface area contributed by atoms with Crippen LogP contribution < -0.4 is 5.32 Å². The van der Waals surface area contributed by atoms with Crippen LogP contribution in [0.15, 0.2) is 36.7 Å². The highest BCUT2D eigenvalue weighted by atomic mass is 19.1. The second-order valence-electron chi connectivity index (χ2n) is 5.70. The van der Waals surface area contributed by atoms with Gasteiger partial charge in [-0.1, -0.05) is 12.1 Å². The van der Waals surface area contributed by atoms with Crippen molar-refractivity contribution in [3.05, 3.63) is 53.6 Å². The van der Waals surface area contributed by atoms with E-state index in [1.165, 1.54) is 6.07 Å². The lowest BCUT2D eigenvalue weighted by Crippen LogP contribution is -2.22. The third-order valence-corrected chi connectivity index (χ3v) is 2.87. The Labute approximate surface area is 113 Å². The minimum atomic E-state index is -0.195. The van der Waals surface area contributed by atoms with E-state index in [1.807, 2.05) is 23.1 Å². The van der Waals surface area contributed by atoms with E-state index < -0.39 is 0 Å². The fourth-order valence-corrected chi connectivity index (χ4v) is 1.82. The van der Waals surface area contributed by atoms with Gasteiger partial charge < -0.3 is 5.32 Å². The third kappa shape index (κ3) is 3.89. The maximum atomic E-state index is 13.0. The Balaban J connectivity index is 1.88. The van der Waals surface area contributed by atoms with Crippen LogP contribution in [0.3, 0.4) is 0 Å². The number of halogens is 1. The molecule has 2 aromatic rings. The van der Waals surface area contributed by atoms with Gasteiger partial charge in [0.25, 0.3) is 0 Å². The highest BCUT2D eigenvalue weighted by Gasteiger charge is 2.13. The zero-order chi connectivity index (χ0) is 13.9. The molecule has 0 fully saturated rings. The SMILES string of the molecule is CC(C)(C)n1cc(CNCc2cccc(F)c2)cn1. The van der Waals surface area contributed by atoms with Gasteiger partial charge in [-0.3, -0.25) is 4.68 Å². The van der Waals surface area contributed by atoms with Gasteiger partial charge in [0.2, 0.25) is 0 Å². The van der Waals surface area contributed by atoms with Gasteiger partial charge in [-0.2, -0.15) is 5.10 Å². The lowest BCUT2D eigenvalue weighted by molar-refractivity contribution is 0.355. The summed E-state index contributed by atoms with van der Waals surface area (Å²) in [5, 5.41) is 7.63. The summed E-state index contributed by atoms with van der Waals surface area (Å²) < 4.78 is 15.0. The molecule has 2 rings (SSSR count). The van der Waals surface area contributed by atoms with Crippen molar-refractivity contribution in [2.75, 3.05) is 0 Å². The summed E-state index contributed by atoms with van der Waals surface area (Å²) in [6, 6.07) is 6.64. The normalized spacial score (nSPS) is 11.8. The Morgan fingerprint density at radius 1 is 1.21 bits per heavy atom. The molecule has 1 heterocycles. The lowest BCUT2D eigenvalue weighted by Gasteiger charge is -2.18. The van der Waals surface area contributed by atoms with Crippen LogP contribution in [0.5, 0.6) is 0 Å². The highest BCUT2D eigenvalue weighted by molar-refractivity contribution is 5.16. The zero-order valence-corrected chi connectivity index (χ0v) is 11.7. The average molecular weight is 261 g/mol. The minimum absolute atomic E-state index is 0.000802. The molecule has 0 amide bonds. The Hall–Kier alpha value is -1.68. The summed E-state index contributed by atoms with van der Waals surface area (Å²) in [6.45, 7) is 7.73. The number of rotatable bonds is 4. The van der Waals surface area contributed by atoms with E-state index in [-0.39, 0.29) is 11.4 Å². The predicted octanol–water partition coefficient (Wildman–Crippen LogP) is 3.07. The monoisotopic (exact) mass is 261 g/mol. The standard InChI is InChI=1S/C15H20FN3/c1-15(2,3)19-11-13(10-18-19)9-17-8-12-5-4-6-14(16)7-12/h4-7,10-11,17H,8-9H2,1-3H3. The summed E-state index contributed by atoms with van der Waals surface area (Å²) in [5.74, 6) is -0.195. The molecule has 0 bridgehead atoms. The summed E-state index contributed by atoms with van der Waals surface area (Å²) in [7, 11) is 0. The summed E-state index contributed by atoms with van der Waals surface area (Å²) in [4.78, 5) is 0. The van der Waals surface area contributed by atoms with Gasteiger partial charge in [0.1, 0.15) is 5.82 Å². The average Bonchev–Trinajstić information content (AvgIpc) is 2.77. The van der Waals surface area contributed by atoms with E-state index in [1.54, 1.807) is 12.1 Å². The van der Waals surface area contributed by atoms with Crippen molar-refractivity contribution in [1.29, 1.82) is 0 Å². The molecule has 0 aliphatic carbocycles. The first-order chi connectivity index (χ1) is 8.95. The molecular weight excluding hydrogens is 241 g/mol. The second kappa shape index (κ2) is 5.53. The number of hydrogen-bond acceptors (Lipinski definition) is 2. The first kappa shape index (κ1) is 13.7. The van der Waals surface area contributed by atoms with Crippen molar-refractivity contribution in [3.8, 4) is 0 Å². The number of nitrogens with zero attached hydrogens (tertiary/aromatic N) is 2. The Bertz CT molecular complexity index is 540. The zero-order valence-electron chi connectivity index (χ0n) is 11.7. The molecule has 1 N–H and O–H groups in total. The molecule has 1 aromatic heterocycles. The van der Waals surface area contributed by atoms with Crippen molar-refractivity contribution in [1.82, 2.24) is 15.1 Å². The molecule has 1 aromatic carbocycles. The van der Waals surface area contributed by atoms with E-state index in [2.05, 4.69) is 31.2 Å². The molecule has 0 aliphatic heterocycles. The van der Waals surface area contributed by atoms with Crippen LogP contribution in [0.4, 0.5) is 4.39 Å². The maximum absolute atomic E-state index is 13.0. The Morgan fingerprint density at radius 3 is 2.58 bits per heavy atom. The van der Waals surface area contributed by atoms with Crippen LogP contribution in [0.2, 0.25) is 0 Å². The molecule has 4 heteroatoms. The van der Waals surface area contributed by atoms with Crippen LogP contribution in [-0.2, 0) is 18.6 Å². The fourth-order valence-electron chi connectivity index (χ4n) is 1.82. The fraction of sp³-hybridized carbons (Fsp3) is 0.400. The van der Waals surface area contributed by atoms with Gasteiger partial charge in [-0.05, 0) is 38.5 Å². The quantitative estimate of drug-likeness (QED) is 0.916. The topological polar surface area (TPSA) is 29.9 Å². The summed E-state index contributed by atoms with van der Waals surface area (Å²) in [6.07, 6.45) is 3.91. The van der Waals surface area contributed by atoms with Gasteiger partial charge in [-0.15, -0.1) is 0 Å². The van der Waals surface area contributed by atoms with E-state index in [9.17, 15) is 4.39 Å². The highest BCUT2D eigenvalue weighted by Crippen LogP contribution is 2.13. The van der Waals surface area contributed by atoms with E-state index >= 15 is 0 Å². The molecule has 0 spiro atoms. The van der Waals surface area contributed by atoms with Crippen molar-refractivity contribution in [2.45, 2.75) is 39.4 Å². The molecule has 19 heavy (non-hydrogen) atoms. The summed E-state index contributed by atoms with van der Waals surface area (Å²) >= 11 is 0. The maximum Gasteiger partial charge on any atom is 0.123 e. The molecule has 0 unspecified atom stereocenters. The van der Waals surface area contributed by atoms with Crippen LogP contribution in [0, 0.1) is 5.82 Å². The number of hydrogen-bond donors (Lipinski definition) is 1. The van der Waals surface area contributed by atoms with Gasteiger partial charge in [-0.25, -0.2) is 4.39 Å². The largest absolute Gasteiger partial charge is 0.309 e. The number of aromatic nitrogens is 2. The Morgan fingerprint density at radius 2 is 1.95 bits per heavy atom. The smallest absolute Gasteiger partial charge is 0.123 e. The molecule has 102 valence electrons. The van der Waals surface area contributed by atoms with Crippen LogP contribution >= 0.6 is 0 Å². The molecule has 0 saturated heterocycles. The summed E-state index contributed by atoms with van der Waals surface area (Å²) in [5.41, 5.74) is 2.08. The van der Waals surface area contributed by atoms with Gasteiger partial charge in [0.05, 0.1) is 11.7 Å². The van der Waals surface area contributed by atoms with Crippen LogP contribution in [-0.4, -0.2) is 9.78 Å². The van der Waals surface area contributed by atoms with Crippen molar-refractivity contribution >= 4 is 0 Å². The van der Waals surface area contributed by atoms with Crippen molar-refractivity contribution in [3.63, 3.8) is 0 Å². The van der Waals surface area contributed by atoms with Crippen molar-refractivity contribution < 1.29 is 4.39 Å². The van der Waals surface area contributed by atoms with Crippen LogP contribution in [0.25, 0.3) is 0 Å². The molecule has 0 saturated carbocycles. The first-order valence-electron chi connectivity index (χ1n) is 6.44. The second-order valence-corrected chi connectivity index (χ2v) is 5.70. The minimum Gasteiger partial charge on any atom is -0.309 e. The van der Waals surface area contributed by atoms with Crippen molar-refractivity contribution in [2.24, 2.45) is 0 Å². The van der Waals surface area contributed by atoms with Gasteiger partial charge in [0, 0.05) is 24.8 Å². The van der Waals surface area contributed by atoms with E-state index in [4.69, 9.17) is 0 Å². The van der Waals surface area contributed by atoms with Gasteiger partial charge in [0.15, 0.2) is 0 Å². The van der Waals surface area contributed by atoms with E-state index in [0.29, 0.717) is 6.54 Å². The van der Waals surface area contributed by atoms with Crippen LogP contribution in [0.1, 0.15) is 31.9 Å². The molecule has 0 aliphatic rings. The molecule has 0 radical (unpaired) electrons. The molecule has 0 atom stereocenters.